The van der Waals surface area contributed by atoms with E-state index in [-0.39, 0.29) is 17.6 Å². The average molecular weight is 376 g/mol. The molecule has 0 radical (unpaired) electrons. The zero-order valence-electron chi connectivity index (χ0n) is 15.0. The molecular weight excluding hydrogens is 351 g/mol. The highest BCUT2D eigenvalue weighted by Crippen LogP contribution is 2.27. The summed E-state index contributed by atoms with van der Waals surface area (Å²) < 4.78 is 40.8. The van der Waals surface area contributed by atoms with E-state index in [4.69, 9.17) is 0 Å². The lowest BCUT2D eigenvalue weighted by Gasteiger charge is -2.29. The topological polar surface area (TPSA) is 49.4 Å². The van der Waals surface area contributed by atoms with Crippen LogP contribution in [0.5, 0.6) is 0 Å². The van der Waals surface area contributed by atoms with Crippen LogP contribution in [0.25, 0.3) is 0 Å². The number of nitrogens with one attached hydrogen (secondary N) is 1. The van der Waals surface area contributed by atoms with Gasteiger partial charge in [-0.15, -0.1) is 0 Å². The van der Waals surface area contributed by atoms with Gasteiger partial charge >= 0.3 is 0 Å². The Kier molecular flexibility index (Phi) is 6.06. The molecular formula is C20H25FN2O2S. The van der Waals surface area contributed by atoms with Gasteiger partial charge in [-0.25, -0.2) is 17.5 Å². The van der Waals surface area contributed by atoms with E-state index in [0.717, 1.165) is 25.9 Å². The average Bonchev–Trinajstić information content (AvgIpc) is 3.13. The minimum atomic E-state index is -3.49. The molecule has 2 aromatic carbocycles. The van der Waals surface area contributed by atoms with Gasteiger partial charge in [-0.05, 0) is 61.7 Å². The van der Waals surface area contributed by atoms with Crippen molar-refractivity contribution in [3.63, 3.8) is 0 Å². The summed E-state index contributed by atoms with van der Waals surface area (Å²) in [7, 11) is -3.49. The van der Waals surface area contributed by atoms with Gasteiger partial charge < -0.3 is 0 Å². The molecule has 1 fully saturated rings. The molecule has 1 atom stereocenters. The molecule has 1 unspecified atom stereocenters. The molecule has 26 heavy (non-hydrogen) atoms. The van der Waals surface area contributed by atoms with Crippen molar-refractivity contribution < 1.29 is 12.8 Å². The van der Waals surface area contributed by atoms with Crippen molar-refractivity contribution in [3.05, 3.63) is 71.0 Å². The maximum Gasteiger partial charge on any atom is 0.215 e. The highest BCUT2D eigenvalue weighted by atomic mass is 32.2. The van der Waals surface area contributed by atoms with E-state index in [1.54, 1.807) is 0 Å². The summed E-state index contributed by atoms with van der Waals surface area (Å²) in [6.07, 6.45) is 2.29. The number of likely N-dealkylation sites (tertiary alicyclic amines) is 1. The largest absolute Gasteiger partial charge is 0.295 e. The lowest BCUT2D eigenvalue weighted by molar-refractivity contribution is 0.246. The highest BCUT2D eigenvalue weighted by molar-refractivity contribution is 7.88. The highest BCUT2D eigenvalue weighted by Gasteiger charge is 2.26. The zero-order valence-corrected chi connectivity index (χ0v) is 15.8. The summed E-state index contributed by atoms with van der Waals surface area (Å²) in [5.74, 6) is -0.513. The van der Waals surface area contributed by atoms with E-state index < -0.39 is 10.0 Å². The predicted octanol–water partition coefficient (Wildman–Crippen LogP) is 3.39. The van der Waals surface area contributed by atoms with Gasteiger partial charge in [0.05, 0.1) is 5.75 Å². The molecule has 0 saturated carbocycles. The normalized spacial score (nSPS) is 16.7. The van der Waals surface area contributed by atoms with Gasteiger partial charge in [0, 0.05) is 12.6 Å². The number of nitrogens with zero attached hydrogens (tertiary/aromatic N) is 1. The van der Waals surface area contributed by atoms with Crippen molar-refractivity contribution in [2.24, 2.45) is 0 Å². The molecule has 0 bridgehead atoms. The van der Waals surface area contributed by atoms with Crippen LogP contribution in [0.4, 0.5) is 4.39 Å². The summed E-state index contributed by atoms with van der Waals surface area (Å²) in [4.78, 5) is 2.35. The number of halogens is 1. The Balaban J connectivity index is 1.72. The van der Waals surface area contributed by atoms with Crippen molar-refractivity contribution in [1.82, 2.24) is 9.62 Å². The van der Waals surface area contributed by atoms with Crippen LogP contribution < -0.4 is 4.72 Å². The Morgan fingerprint density at radius 1 is 1.08 bits per heavy atom. The smallest absolute Gasteiger partial charge is 0.215 e. The molecule has 6 heteroatoms. The zero-order chi connectivity index (χ0) is 18.6. The minimum absolute atomic E-state index is 0.0293. The van der Waals surface area contributed by atoms with Gasteiger partial charge in [-0.1, -0.05) is 36.4 Å². The Hall–Kier alpha value is -1.76. The molecule has 3 rings (SSSR count). The first kappa shape index (κ1) is 19.0. The summed E-state index contributed by atoms with van der Waals surface area (Å²) >= 11 is 0. The van der Waals surface area contributed by atoms with Crippen molar-refractivity contribution in [3.8, 4) is 0 Å². The van der Waals surface area contributed by atoms with Gasteiger partial charge in [0.25, 0.3) is 0 Å². The molecule has 4 nitrogen and oxygen atoms in total. The van der Waals surface area contributed by atoms with Gasteiger partial charge in [0.1, 0.15) is 5.82 Å². The van der Waals surface area contributed by atoms with E-state index in [2.05, 4.69) is 28.7 Å². The second-order valence-corrected chi connectivity index (χ2v) is 8.66. The first-order valence-electron chi connectivity index (χ1n) is 8.96. The molecule has 0 aromatic heterocycles. The molecule has 0 amide bonds. The number of hydrogen-bond donors (Lipinski definition) is 1. The van der Waals surface area contributed by atoms with E-state index in [9.17, 15) is 12.8 Å². The Morgan fingerprint density at radius 2 is 1.73 bits per heavy atom. The number of aryl methyl sites for hydroxylation is 1. The van der Waals surface area contributed by atoms with Crippen LogP contribution in [0.1, 0.15) is 35.6 Å². The molecule has 1 N–H and O–H groups in total. The lowest BCUT2D eigenvalue weighted by atomic mass is 10.0. The Morgan fingerprint density at radius 3 is 2.38 bits per heavy atom. The molecule has 140 valence electrons. The van der Waals surface area contributed by atoms with Crippen LogP contribution >= 0.6 is 0 Å². The summed E-state index contributed by atoms with van der Waals surface area (Å²) in [6.45, 7) is 4.37. The van der Waals surface area contributed by atoms with Crippen molar-refractivity contribution in [2.45, 2.75) is 31.6 Å². The second-order valence-electron chi connectivity index (χ2n) is 6.85. The molecule has 1 aliphatic heterocycles. The molecule has 1 saturated heterocycles. The van der Waals surface area contributed by atoms with Crippen LogP contribution in [0, 0.1) is 12.7 Å². The van der Waals surface area contributed by atoms with E-state index in [1.807, 2.05) is 12.1 Å². The first-order valence-corrected chi connectivity index (χ1v) is 10.6. The number of sulfonamides is 1. The fourth-order valence-corrected chi connectivity index (χ4v) is 4.65. The van der Waals surface area contributed by atoms with Crippen molar-refractivity contribution >= 4 is 10.0 Å². The SMILES string of the molecule is Cc1ccccc1C(CNS(=O)(=O)Cc1ccc(F)cc1)N1CCCC1. The fraction of sp³-hybridized carbons (Fsp3) is 0.400. The van der Waals surface area contributed by atoms with E-state index in [0.29, 0.717) is 12.1 Å². The summed E-state index contributed by atoms with van der Waals surface area (Å²) in [5.41, 5.74) is 2.91. The third-order valence-corrected chi connectivity index (χ3v) is 6.22. The van der Waals surface area contributed by atoms with Crippen molar-refractivity contribution in [2.75, 3.05) is 19.6 Å². The standard InChI is InChI=1S/C20H25FN2O2S/c1-16-6-2-3-7-19(16)20(23-12-4-5-13-23)14-22-26(24,25)15-17-8-10-18(21)11-9-17/h2-3,6-11,20,22H,4-5,12-15H2,1H3. The van der Waals surface area contributed by atoms with E-state index in [1.165, 1.54) is 35.4 Å². The molecule has 0 spiro atoms. The Bertz CT molecular complexity index is 831. The van der Waals surface area contributed by atoms with Crippen LogP contribution in [-0.4, -0.2) is 33.0 Å². The van der Waals surface area contributed by atoms with Gasteiger partial charge in [-0.3, -0.25) is 4.90 Å². The number of benzene rings is 2. The van der Waals surface area contributed by atoms with Gasteiger partial charge in [0.2, 0.25) is 10.0 Å². The Labute approximate surface area is 155 Å². The van der Waals surface area contributed by atoms with Gasteiger partial charge in [0.15, 0.2) is 0 Å². The third kappa shape index (κ3) is 4.90. The molecule has 1 heterocycles. The maximum atomic E-state index is 13.0. The number of hydrogen-bond acceptors (Lipinski definition) is 3. The lowest BCUT2D eigenvalue weighted by Crippen LogP contribution is -2.37. The van der Waals surface area contributed by atoms with E-state index >= 15 is 0 Å². The molecule has 0 aliphatic carbocycles. The van der Waals surface area contributed by atoms with Crippen molar-refractivity contribution in [1.29, 1.82) is 0 Å². The van der Waals surface area contributed by atoms with Crippen LogP contribution in [0.15, 0.2) is 48.5 Å². The minimum Gasteiger partial charge on any atom is -0.295 e. The second kappa shape index (κ2) is 8.29. The monoisotopic (exact) mass is 376 g/mol. The first-order chi connectivity index (χ1) is 12.4. The molecule has 1 aliphatic rings. The predicted molar refractivity (Wildman–Crippen MR) is 102 cm³/mol. The van der Waals surface area contributed by atoms with Gasteiger partial charge in [-0.2, -0.15) is 0 Å². The van der Waals surface area contributed by atoms with Crippen LogP contribution in [0.3, 0.4) is 0 Å². The number of rotatable bonds is 7. The van der Waals surface area contributed by atoms with Crippen LogP contribution in [0.2, 0.25) is 0 Å². The summed E-state index contributed by atoms with van der Waals surface area (Å²) in [5, 5.41) is 0. The maximum absolute atomic E-state index is 13.0. The third-order valence-electron chi connectivity index (χ3n) is 4.90. The molecule has 2 aromatic rings. The van der Waals surface area contributed by atoms with Crippen LogP contribution in [-0.2, 0) is 15.8 Å². The summed E-state index contributed by atoms with van der Waals surface area (Å²) in [6, 6.07) is 13.7. The fourth-order valence-electron chi connectivity index (χ4n) is 3.51. The quantitative estimate of drug-likeness (QED) is 0.806.